The molecule has 2 aromatic rings. The lowest BCUT2D eigenvalue weighted by Gasteiger charge is -2.12. The zero-order valence-corrected chi connectivity index (χ0v) is 13.6. The zero-order valence-electron chi connectivity index (χ0n) is 13.6. The lowest BCUT2D eigenvalue weighted by molar-refractivity contribution is 0.102. The molecule has 0 radical (unpaired) electrons. The molecule has 1 N–H and O–H groups in total. The molecule has 0 atom stereocenters. The molecule has 0 unspecified atom stereocenters. The van der Waals surface area contributed by atoms with E-state index in [1.807, 2.05) is 32.9 Å². The van der Waals surface area contributed by atoms with Gasteiger partial charge in [-0.1, -0.05) is 6.07 Å². The lowest BCUT2D eigenvalue weighted by atomic mass is 10.0. The van der Waals surface area contributed by atoms with Gasteiger partial charge in [0.05, 0.1) is 14.2 Å². The summed E-state index contributed by atoms with van der Waals surface area (Å²) < 4.78 is 10.4. The van der Waals surface area contributed by atoms with Crippen LogP contribution in [-0.2, 0) is 0 Å². The van der Waals surface area contributed by atoms with Crippen molar-refractivity contribution in [1.29, 1.82) is 0 Å². The Bertz CT molecular complexity index is 708. The highest BCUT2D eigenvalue weighted by atomic mass is 16.5. The van der Waals surface area contributed by atoms with E-state index in [0.717, 1.165) is 11.1 Å². The Kier molecular flexibility index (Phi) is 4.71. The van der Waals surface area contributed by atoms with Crippen molar-refractivity contribution in [1.82, 2.24) is 0 Å². The molecule has 0 fully saturated rings. The van der Waals surface area contributed by atoms with Crippen LogP contribution in [0.5, 0.6) is 11.5 Å². The van der Waals surface area contributed by atoms with Gasteiger partial charge in [0.15, 0.2) is 11.5 Å². The van der Waals surface area contributed by atoms with Gasteiger partial charge in [0.25, 0.3) is 5.91 Å². The number of amides is 1. The molecule has 0 spiro atoms. The fraction of sp³-hybridized carbons (Fsp3) is 0.278. The number of benzene rings is 2. The van der Waals surface area contributed by atoms with Gasteiger partial charge in [-0.25, -0.2) is 0 Å². The van der Waals surface area contributed by atoms with Crippen LogP contribution < -0.4 is 14.8 Å². The molecule has 0 aromatic heterocycles. The predicted molar refractivity (Wildman–Crippen MR) is 88.2 cm³/mol. The van der Waals surface area contributed by atoms with E-state index in [9.17, 15) is 4.79 Å². The first-order chi connectivity index (χ1) is 10.5. The van der Waals surface area contributed by atoms with Crippen molar-refractivity contribution < 1.29 is 14.3 Å². The second-order valence-corrected chi connectivity index (χ2v) is 5.28. The molecule has 116 valence electrons. The lowest BCUT2D eigenvalue weighted by Crippen LogP contribution is -2.14. The van der Waals surface area contributed by atoms with E-state index in [1.54, 1.807) is 32.4 Å². The summed E-state index contributed by atoms with van der Waals surface area (Å²) in [7, 11) is 3.14. The summed E-state index contributed by atoms with van der Waals surface area (Å²) >= 11 is 0. The minimum absolute atomic E-state index is 0.132. The van der Waals surface area contributed by atoms with Crippen LogP contribution in [-0.4, -0.2) is 20.1 Å². The van der Waals surface area contributed by atoms with Crippen LogP contribution >= 0.6 is 0 Å². The molecule has 0 saturated heterocycles. The number of carbonyl (C=O) groups is 1. The van der Waals surface area contributed by atoms with Crippen molar-refractivity contribution in [3.8, 4) is 11.5 Å². The monoisotopic (exact) mass is 299 g/mol. The van der Waals surface area contributed by atoms with Gasteiger partial charge in [0.1, 0.15) is 0 Å². The Morgan fingerprint density at radius 2 is 1.50 bits per heavy atom. The average molecular weight is 299 g/mol. The van der Waals surface area contributed by atoms with Crippen molar-refractivity contribution in [2.45, 2.75) is 20.8 Å². The molecule has 0 saturated carbocycles. The van der Waals surface area contributed by atoms with Crippen LogP contribution in [0.2, 0.25) is 0 Å². The van der Waals surface area contributed by atoms with Gasteiger partial charge in [-0.05, 0) is 55.7 Å². The van der Waals surface area contributed by atoms with Crippen molar-refractivity contribution in [3.63, 3.8) is 0 Å². The molecule has 4 nitrogen and oxygen atoms in total. The predicted octanol–water partition coefficient (Wildman–Crippen LogP) is 3.88. The second-order valence-electron chi connectivity index (χ2n) is 5.28. The molecule has 0 aliphatic rings. The second kappa shape index (κ2) is 6.52. The summed E-state index contributed by atoms with van der Waals surface area (Å²) in [6.07, 6.45) is 0. The Morgan fingerprint density at radius 3 is 2.14 bits per heavy atom. The third-order valence-electron chi connectivity index (χ3n) is 3.73. The normalized spacial score (nSPS) is 10.2. The highest BCUT2D eigenvalue weighted by Gasteiger charge is 2.12. The minimum Gasteiger partial charge on any atom is -0.493 e. The third-order valence-corrected chi connectivity index (χ3v) is 3.73. The summed E-state index contributed by atoms with van der Waals surface area (Å²) in [4.78, 5) is 12.5. The van der Waals surface area contributed by atoms with E-state index >= 15 is 0 Å². The van der Waals surface area contributed by atoms with Crippen molar-refractivity contribution >= 4 is 11.6 Å². The fourth-order valence-corrected chi connectivity index (χ4v) is 2.32. The van der Waals surface area contributed by atoms with Crippen LogP contribution in [0.25, 0.3) is 0 Å². The summed E-state index contributed by atoms with van der Waals surface area (Å²) in [5.74, 6) is 1.08. The minimum atomic E-state index is -0.132. The number of carbonyl (C=O) groups excluding carboxylic acids is 1. The summed E-state index contributed by atoms with van der Waals surface area (Å²) in [5, 5.41) is 2.90. The zero-order chi connectivity index (χ0) is 16.3. The molecular formula is C18H21NO3. The quantitative estimate of drug-likeness (QED) is 0.932. The molecule has 4 heteroatoms. The molecule has 0 aliphatic carbocycles. The molecule has 22 heavy (non-hydrogen) atoms. The molecule has 0 aliphatic heterocycles. The first-order valence-electron chi connectivity index (χ1n) is 7.07. The smallest absolute Gasteiger partial charge is 0.255 e. The van der Waals surface area contributed by atoms with Gasteiger partial charge in [-0.2, -0.15) is 0 Å². The third kappa shape index (κ3) is 3.22. The van der Waals surface area contributed by atoms with Crippen molar-refractivity contribution in [2.75, 3.05) is 19.5 Å². The molecular weight excluding hydrogens is 278 g/mol. The molecule has 1 amide bonds. The van der Waals surface area contributed by atoms with E-state index in [0.29, 0.717) is 22.7 Å². The Balaban J connectivity index is 2.27. The van der Waals surface area contributed by atoms with Gasteiger partial charge in [-0.15, -0.1) is 0 Å². The molecule has 0 bridgehead atoms. The van der Waals surface area contributed by atoms with Gasteiger partial charge < -0.3 is 14.8 Å². The van der Waals surface area contributed by atoms with Crippen LogP contribution in [0.1, 0.15) is 27.0 Å². The van der Waals surface area contributed by atoms with Crippen LogP contribution in [0.4, 0.5) is 5.69 Å². The van der Waals surface area contributed by atoms with Gasteiger partial charge in [0, 0.05) is 17.3 Å². The van der Waals surface area contributed by atoms with Crippen LogP contribution in [0.3, 0.4) is 0 Å². The van der Waals surface area contributed by atoms with E-state index in [-0.39, 0.29) is 5.91 Å². The van der Waals surface area contributed by atoms with Gasteiger partial charge >= 0.3 is 0 Å². The van der Waals surface area contributed by atoms with E-state index in [2.05, 4.69) is 5.32 Å². The number of hydrogen-bond acceptors (Lipinski definition) is 3. The maximum Gasteiger partial charge on any atom is 0.255 e. The highest BCUT2D eigenvalue weighted by Crippen LogP contribution is 2.30. The van der Waals surface area contributed by atoms with Gasteiger partial charge in [-0.3, -0.25) is 4.79 Å². The Hall–Kier alpha value is -2.49. The maximum atomic E-state index is 12.5. The SMILES string of the molecule is COc1ccc(NC(=O)c2cc(C)c(C)cc2C)cc1OC. The first-order valence-corrected chi connectivity index (χ1v) is 7.07. The molecule has 0 heterocycles. The summed E-state index contributed by atoms with van der Waals surface area (Å²) in [6, 6.07) is 9.24. The number of aryl methyl sites for hydroxylation is 3. The Morgan fingerprint density at radius 1 is 0.864 bits per heavy atom. The fourth-order valence-electron chi connectivity index (χ4n) is 2.32. The van der Waals surface area contributed by atoms with Crippen LogP contribution in [0.15, 0.2) is 30.3 Å². The number of nitrogens with one attached hydrogen (secondary N) is 1. The largest absolute Gasteiger partial charge is 0.493 e. The number of ether oxygens (including phenoxy) is 2. The van der Waals surface area contributed by atoms with Crippen molar-refractivity contribution in [3.05, 3.63) is 52.6 Å². The van der Waals surface area contributed by atoms with E-state index in [4.69, 9.17) is 9.47 Å². The van der Waals surface area contributed by atoms with Crippen LogP contribution in [0, 0.1) is 20.8 Å². The van der Waals surface area contributed by atoms with Gasteiger partial charge in [0.2, 0.25) is 0 Å². The Labute approximate surface area is 131 Å². The first kappa shape index (κ1) is 15.9. The molecule has 2 aromatic carbocycles. The average Bonchev–Trinajstić information content (AvgIpc) is 2.50. The number of methoxy groups -OCH3 is 2. The number of anilines is 1. The standard InChI is InChI=1S/C18H21NO3/c1-11-8-13(3)15(9-12(11)2)18(20)19-14-6-7-16(21-4)17(10-14)22-5/h6-10H,1-5H3,(H,19,20). The summed E-state index contributed by atoms with van der Waals surface area (Å²) in [5.41, 5.74) is 4.59. The topological polar surface area (TPSA) is 47.6 Å². The number of rotatable bonds is 4. The van der Waals surface area contributed by atoms with Crippen molar-refractivity contribution in [2.24, 2.45) is 0 Å². The van der Waals surface area contributed by atoms with E-state index < -0.39 is 0 Å². The maximum absolute atomic E-state index is 12.5. The molecule has 2 rings (SSSR count). The number of hydrogen-bond donors (Lipinski definition) is 1. The summed E-state index contributed by atoms with van der Waals surface area (Å²) in [6.45, 7) is 5.98. The van der Waals surface area contributed by atoms with E-state index in [1.165, 1.54) is 5.56 Å². The highest BCUT2D eigenvalue weighted by molar-refractivity contribution is 6.05.